The minimum atomic E-state index is -4.59. The van der Waals surface area contributed by atoms with Gasteiger partial charge in [0.15, 0.2) is 11.5 Å². The number of aliphatic hydroxyl groups is 1. The van der Waals surface area contributed by atoms with Crippen molar-refractivity contribution >= 4 is 11.7 Å². The van der Waals surface area contributed by atoms with Crippen LogP contribution in [0.15, 0.2) is 42.5 Å². The molecular weight excluding hydrogens is 365 g/mol. The maximum atomic E-state index is 12.9. The molecule has 2 aromatic carbocycles. The number of fused-ring (bicyclic) bond motifs is 1. The number of nitrogens with one attached hydrogen (secondary N) is 2. The van der Waals surface area contributed by atoms with E-state index in [1.54, 1.807) is 18.2 Å². The fraction of sp³-hybridized carbons (Fsp3) is 0.278. The Labute approximate surface area is 152 Å². The molecule has 0 radical (unpaired) electrons. The first-order valence-corrected chi connectivity index (χ1v) is 8.13. The van der Waals surface area contributed by atoms with Crippen molar-refractivity contribution in [2.45, 2.75) is 12.3 Å². The van der Waals surface area contributed by atoms with Gasteiger partial charge in [-0.15, -0.1) is 0 Å². The lowest BCUT2D eigenvalue weighted by molar-refractivity contribution is -0.136. The van der Waals surface area contributed by atoms with Gasteiger partial charge in [0.05, 0.1) is 17.4 Å². The molecule has 0 aliphatic carbocycles. The van der Waals surface area contributed by atoms with Crippen LogP contribution in [0.5, 0.6) is 11.5 Å². The molecule has 9 heteroatoms. The smallest absolute Gasteiger partial charge is 0.418 e. The monoisotopic (exact) mass is 382 g/mol. The van der Waals surface area contributed by atoms with Gasteiger partial charge >= 0.3 is 12.2 Å². The zero-order valence-electron chi connectivity index (χ0n) is 14.0. The number of hydrogen-bond acceptors (Lipinski definition) is 4. The fourth-order valence-electron chi connectivity index (χ4n) is 2.58. The van der Waals surface area contributed by atoms with Gasteiger partial charge in [0.2, 0.25) is 0 Å². The topological polar surface area (TPSA) is 79.8 Å². The molecule has 1 aliphatic heterocycles. The summed E-state index contributed by atoms with van der Waals surface area (Å²) >= 11 is 0. The maximum Gasteiger partial charge on any atom is 0.418 e. The number of ether oxygens (including phenoxy) is 2. The van der Waals surface area contributed by atoms with Crippen molar-refractivity contribution in [2.75, 3.05) is 25.1 Å². The van der Waals surface area contributed by atoms with E-state index in [1.165, 1.54) is 12.1 Å². The predicted molar refractivity (Wildman–Crippen MR) is 90.9 cm³/mol. The average Bonchev–Trinajstić information content (AvgIpc) is 2.65. The summed E-state index contributed by atoms with van der Waals surface area (Å²) in [5, 5.41) is 14.7. The van der Waals surface area contributed by atoms with Gasteiger partial charge in [0.1, 0.15) is 13.2 Å². The number of aliphatic hydroxyl groups excluding tert-OH is 1. The Morgan fingerprint density at radius 2 is 1.81 bits per heavy atom. The summed E-state index contributed by atoms with van der Waals surface area (Å²) < 4.78 is 49.6. The molecule has 1 atom stereocenters. The van der Waals surface area contributed by atoms with E-state index in [1.807, 2.05) is 0 Å². The van der Waals surface area contributed by atoms with E-state index in [0.29, 0.717) is 30.3 Å². The standard InChI is InChI=1S/C18H17F3N2O4/c19-18(20,21)12-3-1-2-4-13(12)23-17(25)22-10-14(24)11-5-6-15-16(9-11)27-8-7-26-15/h1-6,9,14,24H,7-8,10H2,(H2,22,23,25)/t14-/m0/s1. The minimum absolute atomic E-state index is 0.195. The molecule has 0 fully saturated rings. The fourth-order valence-corrected chi connectivity index (χ4v) is 2.58. The summed E-state index contributed by atoms with van der Waals surface area (Å²) in [4.78, 5) is 11.9. The van der Waals surface area contributed by atoms with Crippen molar-refractivity contribution in [1.29, 1.82) is 0 Å². The van der Waals surface area contributed by atoms with Gasteiger partial charge in [0.25, 0.3) is 0 Å². The molecule has 2 aromatic rings. The summed E-state index contributed by atoms with van der Waals surface area (Å²) in [7, 11) is 0. The first-order chi connectivity index (χ1) is 12.8. The van der Waals surface area contributed by atoms with Gasteiger partial charge in [-0.2, -0.15) is 13.2 Å². The Bertz CT molecular complexity index is 826. The lowest BCUT2D eigenvalue weighted by atomic mass is 10.1. The zero-order chi connectivity index (χ0) is 19.4. The number of rotatable bonds is 4. The quantitative estimate of drug-likeness (QED) is 0.758. The van der Waals surface area contributed by atoms with Gasteiger partial charge in [-0.3, -0.25) is 0 Å². The highest BCUT2D eigenvalue weighted by Gasteiger charge is 2.33. The summed E-state index contributed by atoms with van der Waals surface area (Å²) in [6, 6.07) is 8.65. The second kappa shape index (κ2) is 7.75. The second-order valence-corrected chi connectivity index (χ2v) is 5.80. The molecule has 1 heterocycles. The first kappa shape index (κ1) is 18.8. The lowest BCUT2D eigenvalue weighted by Gasteiger charge is -2.20. The number of carbonyl (C=O) groups is 1. The van der Waals surface area contributed by atoms with Crippen LogP contribution in [0.1, 0.15) is 17.2 Å². The number of urea groups is 1. The molecule has 0 saturated heterocycles. The van der Waals surface area contributed by atoms with E-state index >= 15 is 0 Å². The van der Waals surface area contributed by atoms with Gasteiger partial charge in [-0.05, 0) is 29.8 Å². The van der Waals surface area contributed by atoms with Crippen molar-refractivity contribution in [3.8, 4) is 11.5 Å². The molecule has 1 aliphatic rings. The number of para-hydroxylation sites is 1. The van der Waals surface area contributed by atoms with E-state index in [-0.39, 0.29) is 12.2 Å². The SMILES string of the molecule is O=C(NC[C@H](O)c1ccc2c(c1)OCCO2)Nc1ccccc1C(F)(F)F. The van der Waals surface area contributed by atoms with Crippen molar-refractivity contribution in [1.82, 2.24) is 5.32 Å². The Hall–Kier alpha value is -2.94. The third-order valence-corrected chi connectivity index (χ3v) is 3.89. The first-order valence-electron chi connectivity index (χ1n) is 8.13. The minimum Gasteiger partial charge on any atom is -0.486 e. The molecule has 0 unspecified atom stereocenters. The third kappa shape index (κ3) is 4.62. The van der Waals surface area contributed by atoms with Crippen LogP contribution < -0.4 is 20.1 Å². The highest BCUT2D eigenvalue weighted by molar-refractivity contribution is 5.90. The van der Waals surface area contributed by atoms with Crippen molar-refractivity contribution in [2.24, 2.45) is 0 Å². The Morgan fingerprint density at radius 3 is 2.56 bits per heavy atom. The average molecular weight is 382 g/mol. The number of hydrogen-bond donors (Lipinski definition) is 3. The number of carbonyl (C=O) groups excluding carboxylic acids is 1. The molecule has 6 nitrogen and oxygen atoms in total. The van der Waals surface area contributed by atoms with Crippen LogP contribution in [-0.2, 0) is 6.18 Å². The third-order valence-electron chi connectivity index (χ3n) is 3.89. The van der Waals surface area contributed by atoms with Crippen molar-refractivity contribution in [3.63, 3.8) is 0 Å². The highest BCUT2D eigenvalue weighted by atomic mass is 19.4. The number of alkyl halides is 3. The summed E-state index contributed by atoms with van der Waals surface area (Å²) in [6.07, 6.45) is -5.65. The zero-order valence-corrected chi connectivity index (χ0v) is 14.0. The molecule has 2 amide bonds. The molecule has 3 rings (SSSR count). The number of amides is 2. The van der Waals surface area contributed by atoms with Gasteiger partial charge < -0.3 is 25.2 Å². The lowest BCUT2D eigenvalue weighted by Crippen LogP contribution is -2.33. The number of anilines is 1. The van der Waals surface area contributed by atoms with Gasteiger partial charge in [0, 0.05) is 6.54 Å². The molecule has 0 saturated carbocycles. The van der Waals surface area contributed by atoms with E-state index < -0.39 is 23.9 Å². The largest absolute Gasteiger partial charge is 0.486 e. The molecule has 0 aromatic heterocycles. The van der Waals surface area contributed by atoms with E-state index in [2.05, 4.69) is 10.6 Å². The molecular formula is C18H17F3N2O4. The molecule has 0 bridgehead atoms. The van der Waals surface area contributed by atoms with Crippen LogP contribution in [0.25, 0.3) is 0 Å². The Balaban J connectivity index is 1.60. The van der Waals surface area contributed by atoms with Crippen LogP contribution in [0, 0.1) is 0 Å². The molecule has 3 N–H and O–H groups in total. The van der Waals surface area contributed by atoms with Crippen LogP contribution in [0.2, 0.25) is 0 Å². The molecule has 144 valence electrons. The van der Waals surface area contributed by atoms with Crippen LogP contribution >= 0.6 is 0 Å². The Morgan fingerprint density at radius 1 is 1.11 bits per heavy atom. The van der Waals surface area contributed by atoms with E-state index in [9.17, 15) is 23.1 Å². The van der Waals surface area contributed by atoms with Gasteiger partial charge in [-0.25, -0.2) is 4.79 Å². The number of halogens is 3. The van der Waals surface area contributed by atoms with Crippen LogP contribution in [-0.4, -0.2) is 30.9 Å². The Kier molecular flexibility index (Phi) is 5.41. The van der Waals surface area contributed by atoms with Gasteiger partial charge in [-0.1, -0.05) is 18.2 Å². The highest BCUT2D eigenvalue weighted by Crippen LogP contribution is 2.35. The number of benzene rings is 2. The molecule has 27 heavy (non-hydrogen) atoms. The van der Waals surface area contributed by atoms with Crippen LogP contribution in [0.3, 0.4) is 0 Å². The predicted octanol–water partition coefficient (Wildman–Crippen LogP) is 3.33. The van der Waals surface area contributed by atoms with Crippen molar-refractivity contribution in [3.05, 3.63) is 53.6 Å². The molecule has 0 spiro atoms. The normalized spacial score (nSPS) is 14.4. The summed E-state index contributed by atoms with van der Waals surface area (Å²) in [5.41, 5.74) is -0.834. The summed E-state index contributed by atoms with van der Waals surface area (Å²) in [5.74, 6) is 1.05. The van der Waals surface area contributed by atoms with Crippen LogP contribution in [0.4, 0.5) is 23.7 Å². The van der Waals surface area contributed by atoms with E-state index in [0.717, 1.165) is 12.1 Å². The second-order valence-electron chi connectivity index (χ2n) is 5.80. The van der Waals surface area contributed by atoms with Crippen molar-refractivity contribution < 1.29 is 32.5 Å². The summed E-state index contributed by atoms with van der Waals surface area (Å²) in [6.45, 7) is 0.640. The maximum absolute atomic E-state index is 12.9. The van der Waals surface area contributed by atoms with E-state index in [4.69, 9.17) is 9.47 Å².